The molecule has 1 aliphatic heterocycles. The second-order valence-electron chi connectivity index (χ2n) is 6.05. The Bertz CT molecular complexity index is 834. The van der Waals surface area contributed by atoms with E-state index in [0.717, 1.165) is 16.9 Å². The molecule has 0 bridgehead atoms. The van der Waals surface area contributed by atoms with E-state index in [1.807, 2.05) is 44.2 Å². The van der Waals surface area contributed by atoms with Crippen molar-refractivity contribution < 1.29 is 9.53 Å². The Kier molecular flexibility index (Phi) is 4.88. The number of rotatable bonds is 4. The van der Waals surface area contributed by atoms with Gasteiger partial charge in [0.25, 0.3) is 5.91 Å². The van der Waals surface area contributed by atoms with Gasteiger partial charge in [0.05, 0.1) is 18.4 Å². The molecule has 6 heteroatoms. The molecule has 0 radical (unpaired) electrons. The van der Waals surface area contributed by atoms with E-state index in [0.29, 0.717) is 23.6 Å². The van der Waals surface area contributed by atoms with Crippen molar-refractivity contribution in [2.75, 3.05) is 19.0 Å². The number of aromatic nitrogens is 1. The van der Waals surface area contributed by atoms with Gasteiger partial charge in [-0.15, -0.1) is 0 Å². The third-order valence-corrected chi connectivity index (χ3v) is 3.88. The molecule has 130 valence electrons. The summed E-state index contributed by atoms with van der Waals surface area (Å²) in [5.41, 5.74) is 3.21. The number of fused-ring (bicyclic) bond motifs is 1. The molecule has 2 heterocycles. The molecule has 1 aromatic carbocycles. The fraction of sp³-hybridized carbons (Fsp3) is 0.263. The first kappa shape index (κ1) is 16.8. The smallest absolute Gasteiger partial charge is 0.255 e. The minimum atomic E-state index is -0.121. The molecule has 0 aliphatic carbocycles. The van der Waals surface area contributed by atoms with E-state index in [1.165, 1.54) is 0 Å². The lowest BCUT2D eigenvalue weighted by Gasteiger charge is -2.13. The van der Waals surface area contributed by atoms with Crippen LogP contribution in [0.25, 0.3) is 5.57 Å². The number of nitrogens with one attached hydrogen (secondary N) is 3. The van der Waals surface area contributed by atoms with Gasteiger partial charge in [0.2, 0.25) is 0 Å². The highest BCUT2D eigenvalue weighted by Crippen LogP contribution is 2.31. The summed E-state index contributed by atoms with van der Waals surface area (Å²) in [7, 11) is 1.65. The molecule has 1 aromatic heterocycles. The molecular formula is C19H22N4O2. The van der Waals surface area contributed by atoms with Crippen LogP contribution in [-0.4, -0.2) is 36.8 Å². The van der Waals surface area contributed by atoms with Crippen LogP contribution >= 0.6 is 0 Å². The molecule has 0 unspecified atom stereocenters. The molecule has 3 rings (SSSR count). The number of carbonyl (C=O) groups excluding carboxylic acids is 1. The number of carbonyl (C=O) groups is 1. The number of amides is 1. The zero-order valence-electron chi connectivity index (χ0n) is 14.6. The van der Waals surface area contributed by atoms with Crippen molar-refractivity contribution in [1.82, 2.24) is 10.3 Å². The second kappa shape index (κ2) is 7.25. The summed E-state index contributed by atoms with van der Waals surface area (Å²) < 4.78 is 5.43. The normalized spacial score (nSPS) is 16.7. The van der Waals surface area contributed by atoms with E-state index < -0.39 is 0 Å². The fourth-order valence-electron chi connectivity index (χ4n) is 2.72. The summed E-state index contributed by atoms with van der Waals surface area (Å²) >= 11 is 0. The monoisotopic (exact) mass is 338 g/mol. The van der Waals surface area contributed by atoms with Crippen LogP contribution in [0, 0.1) is 0 Å². The highest BCUT2D eigenvalue weighted by atomic mass is 16.5. The Morgan fingerprint density at radius 3 is 2.88 bits per heavy atom. The summed E-state index contributed by atoms with van der Waals surface area (Å²) in [4.78, 5) is 19.9. The van der Waals surface area contributed by atoms with Crippen LogP contribution in [-0.2, 0) is 0 Å². The third-order valence-electron chi connectivity index (χ3n) is 3.88. The van der Waals surface area contributed by atoms with E-state index >= 15 is 0 Å². The lowest BCUT2D eigenvalue weighted by molar-refractivity contribution is 0.0944. The maximum absolute atomic E-state index is 12.3. The number of H-pyrrole nitrogens is 1. The van der Waals surface area contributed by atoms with Gasteiger partial charge < -0.3 is 20.4 Å². The molecule has 1 aliphatic rings. The predicted molar refractivity (Wildman–Crippen MR) is 101 cm³/mol. The van der Waals surface area contributed by atoms with Crippen molar-refractivity contribution in [2.45, 2.75) is 19.9 Å². The number of nitrogens with zero attached hydrogens (tertiary/aromatic N) is 1. The molecule has 6 nitrogen and oxygen atoms in total. The van der Waals surface area contributed by atoms with Gasteiger partial charge in [-0.1, -0.05) is 24.3 Å². The number of aliphatic imine (C=N–C) groups is 1. The van der Waals surface area contributed by atoms with Crippen LogP contribution < -0.4 is 15.4 Å². The number of aromatic amines is 1. The number of anilines is 1. The quantitative estimate of drug-likeness (QED) is 0.800. The minimum absolute atomic E-state index is 0.0761. The van der Waals surface area contributed by atoms with Crippen molar-refractivity contribution in [1.29, 1.82) is 0 Å². The van der Waals surface area contributed by atoms with Crippen molar-refractivity contribution >= 4 is 29.2 Å². The predicted octanol–water partition coefficient (Wildman–Crippen LogP) is 3.37. The molecule has 25 heavy (non-hydrogen) atoms. The van der Waals surface area contributed by atoms with Gasteiger partial charge >= 0.3 is 0 Å². The number of benzene rings is 1. The number of allylic oxidation sites excluding steroid dienone is 1. The van der Waals surface area contributed by atoms with Crippen LogP contribution in [0.1, 0.15) is 29.8 Å². The molecule has 0 fully saturated rings. The molecule has 0 spiro atoms. The fourth-order valence-corrected chi connectivity index (χ4v) is 2.72. The van der Waals surface area contributed by atoms with Crippen molar-refractivity contribution in [2.24, 2.45) is 4.99 Å². The first-order chi connectivity index (χ1) is 12.1. The lowest BCUT2D eigenvalue weighted by atomic mass is 10.0. The molecule has 0 atom stereocenters. The summed E-state index contributed by atoms with van der Waals surface area (Å²) in [5, 5.41) is 6.18. The summed E-state index contributed by atoms with van der Waals surface area (Å²) in [5.74, 6) is 1.31. The molecule has 0 saturated carbocycles. The maximum atomic E-state index is 12.3. The Balaban J connectivity index is 1.90. The summed E-state index contributed by atoms with van der Waals surface area (Å²) in [6.07, 6.45) is 5.50. The van der Waals surface area contributed by atoms with Gasteiger partial charge in [-0.2, -0.15) is 0 Å². The zero-order chi connectivity index (χ0) is 17.8. The highest BCUT2D eigenvalue weighted by Gasteiger charge is 2.18. The van der Waals surface area contributed by atoms with E-state index in [1.54, 1.807) is 19.5 Å². The maximum Gasteiger partial charge on any atom is 0.255 e. The minimum Gasteiger partial charge on any atom is -0.496 e. The Morgan fingerprint density at radius 2 is 2.12 bits per heavy atom. The number of ether oxygens (including phenoxy) is 1. The lowest BCUT2D eigenvalue weighted by Crippen LogP contribution is -2.30. The number of para-hydroxylation sites is 1. The van der Waals surface area contributed by atoms with Crippen molar-refractivity contribution in [3.63, 3.8) is 0 Å². The van der Waals surface area contributed by atoms with E-state index in [-0.39, 0.29) is 11.9 Å². The van der Waals surface area contributed by atoms with Crippen LogP contribution in [0.4, 0.5) is 11.5 Å². The van der Waals surface area contributed by atoms with E-state index in [2.05, 4.69) is 20.6 Å². The number of hydrogen-bond acceptors (Lipinski definition) is 4. The van der Waals surface area contributed by atoms with Crippen LogP contribution in [0.15, 0.2) is 41.5 Å². The summed E-state index contributed by atoms with van der Waals surface area (Å²) in [6, 6.07) is 7.89. The second-order valence-corrected chi connectivity index (χ2v) is 6.05. The van der Waals surface area contributed by atoms with Gasteiger partial charge in [-0.25, -0.2) is 4.99 Å². The molecule has 0 saturated heterocycles. The van der Waals surface area contributed by atoms with Crippen LogP contribution in [0.2, 0.25) is 0 Å². The zero-order valence-corrected chi connectivity index (χ0v) is 14.6. The van der Waals surface area contributed by atoms with Crippen molar-refractivity contribution in [3.8, 4) is 5.75 Å². The Hall–Kier alpha value is -3.02. The first-order valence-corrected chi connectivity index (χ1v) is 8.24. The topological polar surface area (TPSA) is 78.5 Å². The Labute approximate surface area is 147 Å². The van der Waals surface area contributed by atoms with Gasteiger partial charge in [-0.05, 0) is 19.9 Å². The van der Waals surface area contributed by atoms with E-state index in [4.69, 9.17) is 4.74 Å². The molecule has 1 amide bonds. The number of methoxy groups -OCH3 is 1. The van der Waals surface area contributed by atoms with Crippen molar-refractivity contribution in [3.05, 3.63) is 47.7 Å². The van der Waals surface area contributed by atoms with Gasteiger partial charge in [0, 0.05) is 36.1 Å². The van der Waals surface area contributed by atoms with Crippen LogP contribution in [0.3, 0.4) is 0 Å². The average molecular weight is 338 g/mol. The largest absolute Gasteiger partial charge is 0.496 e. The average Bonchev–Trinajstić information content (AvgIpc) is 2.96. The SMILES string of the molecule is COc1ccccc1C1=C\CNc2c(C(=O)NC(C)C)c[nH]c2/N=C\1. The molecular weight excluding hydrogens is 316 g/mol. The molecule has 2 aromatic rings. The van der Waals surface area contributed by atoms with E-state index in [9.17, 15) is 4.79 Å². The highest BCUT2D eigenvalue weighted by molar-refractivity contribution is 6.13. The third kappa shape index (κ3) is 3.57. The summed E-state index contributed by atoms with van der Waals surface area (Å²) in [6.45, 7) is 4.44. The van der Waals surface area contributed by atoms with Crippen LogP contribution in [0.5, 0.6) is 5.75 Å². The molecule has 3 N–H and O–H groups in total. The first-order valence-electron chi connectivity index (χ1n) is 8.24. The van der Waals surface area contributed by atoms with Gasteiger partial charge in [0.1, 0.15) is 5.75 Å². The van der Waals surface area contributed by atoms with Gasteiger partial charge in [0.15, 0.2) is 5.82 Å². The van der Waals surface area contributed by atoms with Gasteiger partial charge in [-0.3, -0.25) is 4.79 Å². The Morgan fingerprint density at radius 1 is 1.32 bits per heavy atom. The number of hydrogen-bond donors (Lipinski definition) is 3. The standard InChI is InChI=1S/C19H22N4O2/c1-12(2)23-19(24)15-11-22-18-17(15)20-9-8-13(10-21-18)14-6-4-5-7-16(14)25-3/h4-8,10-12,20,22H,9H2,1-3H3,(H,23,24)/b13-8-,21-10-.